The molecule has 5 aromatic rings. The van der Waals surface area contributed by atoms with Crippen molar-refractivity contribution in [2.45, 2.75) is 25.7 Å². The van der Waals surface area contributed by atoms with Crippen LogP contribution in [0.4, 0.5) is 10.1 Å². The van der Waals surface area contributed by atoms with Crippen LogP contribution in [0.15, 0.2) is 95.8 Å². The molecule has 0 bridgehead atoms. The maximum Gasteiger partial charge on any atom is 0.257 e. The van der Waals surface area contributed by atoms with Gasteiger partial charge in [0.15, 0.2) is 5.43 Å². The average Bonchev–Trinajstić information content (AvgIpc) is 2.94. The molecule has 0 spiro atoms. The first-order valence-electron chi connectivity index (χ1n) is 13.0. The number of fused-ring (bicyclic) bond motifs is 2. The number of anilines is 1. The highest BCUT2D eigenvalue weighted by Crippen LogP contribution is 2.20. The minimum absolute atomic E-state index is 0.0866. The van der Waals surface area contributed by atoms with Crippen LogP contribution in [-0.4, -0.2) is 24.0 Å². The van der Waals surface area contributed by atoms with Crippen molar-refractivity contribution in [3.63, 3.8) is 0 Å². The van der Waals surface area contributed by atoms with Crippen molar-refractivity contribution < 1.29 is 9.18 Å². The van der Waals surface area contributed by atoms with E-state index < -0.39 is 0 Å². The summed E-state index contributed by atoms with van der Waals surface area (Å²) in [5.74, 6) is -0.464. The number of rotatable bonds is 10. The summed E-state index contributed by atoms with van der Waals surface area (Å²) in [7, 11) is 0. The Morgan fingerprint density at radius 3 is 2.26 bits per heavy atom. The van der Waals surface area contributed by atoms with Crippen LogP contribution in [0.1, 0.15) is 34.3 Å². The van der Waals surface area contributed by atoms with E-state index in [1.807, 2.05) is 54.6 Å². The predicted molar refractivity (Wildman–Crippen MR) is 152 cm³/mol. The highest BCUT2D eigenvalue weighted by atomic mass is 19.1. The highest BCUT2D eigenvalue weighted by molar-refractivity contribution is 6.13. The Balaban J connectivity index is 1.12. The normalized spacial score (nSPS) is 11.2. The molecule has 5 nitrogen and oxygen atoms in total. The van der Waals surface area contributed by atoms with E-state index in [1.165, 1.54) is 17.7 Å². The number of H-pyrrole nitrogens is 1. The first-order chi connectivity index (χ1) is 18.6. The van der Waals surface area contributed by atoms with Gasteiger partial charge in [0.1, 0.15) is 5.82 Å². The van der Waals surface area contributed by atoms with Gasteiger partial charge < -0.3 is 15.6 Å². The summed E-state index contributed by atoms with van der Waals surface area (Å²) in [5, 5.41) is 7.51. The van der Waals surface area contributed by atoms with Crippen LogP contribution in [0.3, 0.4) is 0 Å². The second-order valence-electron chi connectivity index (χ2n) is 9.46. The van der Waals surface area contributed by atoms with E-state index >= 15 is 0 Å². The van der Waals surface area contributed by atoms with Gasteiger partial charge in [-0.2, -0.15) is 0 Å². The molecule has 1 aromatic heterocycles. The van der Waals surface area contributed by atoms with Crippen LogP contribution in [-0.2, 0) is 12.8 Å². The number of carbonyl (C=O) groups is 1. The van der Waals surface area contributed by atoms with Gasteiger partial charge in [0, 0.05) is 22.0 Å². The lowest BCUT2D eigenvalue weighted by Crippen LogP contribution is -2.18. The molecular formula is C32H30FN3O2. The number of aromatic amines is 1. The summed E-state index contributed by atoms with van der Waals surface area (Å²) in [6.45, 7) is 1.82. The van der Waals surface area contributed by atoms with Crippen LogP contribution < -0.4 is 16.1 Å². The lowest BCUT2D eigenvalue weighted by Gasteiger charge is -2.10. The first kappa shape index (κ1) is 25.4. The SMILES string of the molecule is O=C(Nc1ccc(CCCCNCCc2ccc(F)cc2)cc1)c1cccc2c(=O)c3ccccc3[nH]c12. The third kappa shape index (κ3) is 5.98. The van der Waals surface area contributed by atoms with Crippen molar-refractivity contribution in [2.75, 3.05) is 18.4 Å². The number of unbranched alkanes of at least 4 members (excludes halogenated alkanes) is 1. The number of hydrogen-bond acceptors (Lipinski definition) is 3. The van der Waals surface area contributed by atoms with Crippen LogP contribution >= 0.6 is 0 Å². The van der Waals surface area contributed by atoms with E-state index in [1.54, 1.807) is 24.3 Å². The molecule has 0 saturated heterocycles. The monoisotopic (exact) mass is 507 g/mol. The van der Waals surface area contributed by atoms with Gasteiger partial charge in [0.05, 0.1) is 11.1 Å². The van der Waals surface area contributed by atoms with E-state index in [-0.39, 0.29) is 17.2 Å². The van der Waals surface area contributed by atoms with Crippen LogP contribution in [0.25, 0.3) is 21.8 Å². The third-order valence-corrected chi connectivity index (χ3v) is 6.77. The fourth-order valence-electron chi connectivity index (χ4n) is 4.68. The van der Waals surface area contributed by atoms with E-state index in [0.717, 1.165) is 44.3 Å². The Bertz CT molecular complexity index is 1610. The van der Waals surface area contributed by atoms with Gasteiger partial charge >= 0.3 is 0 Å². The second-order valence-corrected chi connectivity index (χ2v) is 9.46. The molecule has 3 N–H and O–H groups in total. The summed E-state index contributed by atoms with van der Waals surface area (Å²) < 4.78 is 13.0. The molecule has 5 rings (SSSR count). The summed E-state index contributed by atoms with van der Waals surface area (Å²) in [5.41, 5.74) is 4.65. The molecule has 192 valence electrons. The molecule has 0 aliphatic rings. The zero-order valence-corrected chi connectivity index (χ0v) is 21.1. The lowest BCUT2D eigenvalue weighted by molar-refractivity contribution is 0.102. The fourth-order valence-corrected chi connectivity index (χ4v) is 4.68. The lowest BCUT2D eigenvalue weighted by atomic mass is 10.1. The standard InChI is InChI=1S/C32H30FN3O2/c33-24-15-11-23(12-16-24)19-21-34-20-4-3-6-22-13-17-25(18-14-22)35-32(38)28-9-5-8-27-30(28)36-29-10-2-1-7-26(29)31(27)37/h1-2,5,7-18,34H,3-4,6,19-21H2,(H,35,38)(H,36,37). The molecular weight excluding hydrogens is 477 g/mol. The van der Waals surface area contributed by atoms with E-state index in [4.69, 9.17) is 0 Å². The number of carbonyl (C=O) groups excluding carboxylic acids is 1. The molecule has 0 radical (unpaired) electrons. The van der Waals surface area contributed by atoms with Crippen molar-refractivity contribution in [3.8, 4) is 0 Å². The smallest absolute Gasteiger partial charge is 0.257 e. The molecule has 1 amide bonds. The number of nitrogens with one attached hydrogen (secondary N) is 3. The van der Waals surface area contributed by atoms with Gasteiger partial charge in [-0.3, -0.25) is 9.59 Å². The van der Waals surface area contributed by atoms with Gasteiger partial charge in [-0.25, -0.2) is 4.39 Å². The largest absolute Gasteiger partial charge is 0.354 e. The third-order valence-electron chi connectivity index (χ3n) is 6.77. The van der Waals surface area contributed by atoms with Crippen LogP contribution in [0.2, 0.25) is 0 Å². The summed E-state index contributed by atoms with van der Waals surface area (Å²) in [4.78, 5) is 29.3. The first-order valence-corrected chi connectivity index (χ1v) is 13.0. The summed E-state index contributed by atoms with van der Waals surface area (Å²) in [6, 6.07) is 27.1. The van der Waals surface area contributed by atoms with E-state index in [9.17, 15) is 14.0 Å². The Labute approximate surface area is 220 Å². The van der Waals surface area contributed by atoms with Gasteiger partial charge in [-0.05, 0) is 98.4 Å². The zero-order valence-electron chi connectivity index (χ0n) is 21.1. The predicted octanol–water partition coefficient (Wildman–Crippen LogP) is 6.23. The van der Waals surface area contributed by atoms with E-state index in [0.29, 0.717) is 33.1 Å². The number of aryl methyl sites for hydroxylation is 1. The van der Waals surface area contributed by atoms with Gasteiger partial charge in [0.2, 0.25) is 0 Å². The minimum Gasteiger partial charge on any atom is -0.354 e. The Morgan fingerprint density at radius 2 is 1.45 bits per heavy atom. The van der Waals surface area contributed by atoms with Crippen LogP contribution in [0, 0.1) is 5.82 Å². The quantitative estimate of drug-likeness (QED) is 0.155. The zero-order chi connectivity index (χ0) is 26.3. The number of hydrogen-bond donors (Lipinski definition) is 3. The fraction of sp³-hybridized carbons (Fsp3) is 0.188. The molecule has 0 saturated carbocycles. The van der Waals surface area contributed by atoms with Crippen molar-refractivity contribution in [1.29, 1.82) is 0 Å². The van der Waals surface area contributed by atoms with Crippen molar-refractivity contribution in [3.05, 3.63) is 124 Å². The maximum absolute atomic E-state index is 13.1. The summed E-state index contributed by atoms with van der Waals surface area (Å²) in [6.07, 6.45) is 3.98. The van der Waals surface area contributed by atoms with Gasteiger partial charge in [-0.15, -0.1) is 0 Å². The number of aromatic nitrogens is 1. The number of benzene rings is 4. The van der Waals surface area contributed by atoms with Crippen LogP contribution in [0.5, 0.6) is 0 Å². The Morgan fingerprint density at radius 1 is 0.737 bits per heavy atom. The molecule has 38 heavy (non-hydrogen) atoms. The van der Waals surface area contributed by atoms with Gasteiger partial charge in [-0.1, -0.05) is 42.5 Å². The Kier molecular flexibility index (Phi) is 7.90. The number of para-hydroxylation sites is 2. The highest BCUT2D eigenvalue weighted by Gasteiger charge is 2.14. The van der Waals surface area contributed by atoms with Gasteiger partial charge in [0.25, 0.3) is 5.91 Å². The molecule has 0 atom stereocenters. The van der Waals surface area contributed by atoms with Crippen molar-refractivity contribution in [1.82, 2.24) is 10.3 Å². The number of halogens is 1. The average molecular weight is 508 g/mol. The minimum atomic E-state index is -0.263. The van der Waals surface area contributed by atoms with Crippen molar-refractivity contribution >= 4 is 33.4 Å². The molecule has 6 heteroatoms. The molecule has 0 aliphatic carbocycles. The molecule has 0 aliphatic heterocycles. The van der Waals surface area contributed by atoms with E-state index in [2.05, 4.69) is 15.6 Å². The maximum atomic E-state index is 13.1. The Hall–Kier alpha value is -4.29. The number of amides is 1. The molecule has 1 heterocycles. The molecule has 0 unspecified atom stereocenters. The number of pyridine rings is 1. The second kappa shape index (κ2) is 11.8. The summed E-state index contributed by atoms with van der Waals surface area (Å²) >= 11 is 0. The van der Waals surface area contributed by atoms with Crippen molar-refractivity contribution in [2.24, 2.45) is 0 Å². The molecule has 4 aromatic carbocycles. The topological polar surface area (TPSA) is 74.0 Å². The molecule has 0 fully saturated rings.